The second kappa shape index (κ2) is 5.61. The molecule has 3 heteroatoms. The maximum Gasteiger partial charge on any atom is 0.0520 e. The summed E-state index contributed by atoms with van der Waals surface area (Å²) in [6.07, 6.45) is 2.60. The summed E-state index contributed by atoms with van der Waals surface area (Å²) in [6, 6.07) is 11.0. The minimum atomic E-state index is -0.228. The first kappa shape index (κ1) is 14.1. The molecule has 2 nitrogen and oxygen atoms in total. The van der Waals surface area contributed by atoms with Crippen molar-refractivity contribution in [2.45, 2.75) is 32.6 Å². The molecule has 0 unspecified atom stereocenters. The van der Waals surface area contributed by atoms with E-state index in [9.17, 15) is 0 Å². The van der Waals surface area contributed by atoms with Crippen molar-refractivity contribution in [1.29, 1.82) is 0 Å². The molecule has 17 heavy (non-hydrogen) atoms. The maximum absolute atomic E-state index is 5.43. The van der Waals surface area contributed by atoms with Crippen LogP contribution in [-0.4, -0.2) is 4.98 Å². The Morgan fingerprint density at radius 1 is 1.35 bits per heavy atom. The first-order chi connectivity index (χ1) is 7.64. The zero-order valence-electron chi connectivity index (χ0n) is 10.3. The van der Waals surface area contributed by atoms with Crippen molar-refractivity contribution < 1.29 is 24.5 Å². The van der Waals surface area contributed by atoms with Crippen molar-refractivity contribution in [2.75, 3.05) is 0 Å². The molecule has 2 rings (SSSR count). The van der Waals surface area contributed by atoms with E-state index >= 15 is 0 Å². The number of aromatic nitrogens is 1. The third-order valence-corrected chi connectivity index (χ3v) is 2.85. The Kier molecular flexibility index (Phi) is 4.67. The maximum atomic E-state index is 5.43. The molecule has 2 heterocycles. The number of hydrogen-bond acceptors (Lipinski definition) is 2. The molecular formula is C14H16IrNO-. The van der Waals surface area contributed by atoms with Crippen LogP contribution in [0.2, 0.25) is 0 Å². The molecule has 0 aliphatic rings. The second-order valence-corrected chi connectivity index (χ2v) is 4.39. The topological polar surface area (TPSA) is 26.0 Å². The summed E-state index contributed by atoms with van der Waals surface area (Å²) < 4.78 is 5.43. The van der Waals surface area contributed by atoms with Crippen molar-refractivity contribution in [3.05, 3.63) is 53.7 Å². The molecule has 0 fully saturated rings. The summed E-state index contributed by atoms with van der Waals surface area (Å²) >= 11 is 0. The zero-order chi connectivity index (χ0) is 11.6. The van der Waals surface area contributed by atoms with E-state index in [1.807, 2.05) is 18.2 Å². The van der Waals surface area contributed by atoms with Crippen molar-refractivity contribution in [3.8, 4) is 0 Å². The van der Waals surface area contributed by atoms with Crippen molar-refractivity contribution >= 4 is 0 Å². The van der Waals surface area contributed by atoms with Gasteiger partial charge < -0.3 is 4.42 Å². The monoisotopic (exact) mass is 407 g/mol. The Morgan fingerprint density at radius 3 is 2.71 bits per heavy atom. The molecule has 0 spiro atoms. The Hall–Kier alpha value is -0.921. The van der Waals surface area contributed by atoms with Gasteiger partial charge in [0.25, 0.3) is 0 Å². The van der Waals surface area contributed by atoms with Crippen LogP contribution in [0, 0.1) is 6.07 Å². The number of rotatable bonds is 3. The van der Waals surface area contributed by atoms with Crippen LogP contribution in [0.1, 0.15) is 37.9 Å². The van der Waals surface area contributed by atoms with Crippen molar-refractivity contribution in [1.82, 2.24) is 4.98 Å². The molecule has 0 saturated heterocycles. The van der Waals surface area contributed by atoms with Crippen LogP contribution in [-0.2, 0) is 31.9 Å². The second-order valence-electron chi connectivity index (χ2n) is 4.39. The van der Waals surface area contributed by atoms with E-state index in [1.54, 1.807) is 12.3 Å². The van der Waals surface area contributed by atoms with E-state index < -0.39 is 0 Å². The minimum Gasteiger partial charge on any atom is -0.572 e. The van der Waals surface area contributed by atoms with Crippen LogP contribution in [0.25, 0.3) is 0 Å². The summed E-state index contributed by atoms with van der Waals surface area (Å²) in [6.45, 7) is 6.31. The van der Waals surface area contributed by atoms with Gasteiger partial charge in [-0.3, -0.25) is 4.98 Å². The van der Waals surface area contributed by atoms with Crippen LogP contribution in [0.3, 0.4) is 0 Å². The summed E-state index contributed by atoms with van der Waals surface area (Å²) in [5, 5.41) is 0. The summed E-state index contributed by atoms with van der Waals surface area (Å²) in [4.78, 5) is 4.64. The van der Waals surface area contributed by atoms with Gasteiger partial charge in [0.15, 0.2) is 0 Å². The van der Waals surface area contributed by atoms with Crippen molar-refractivity contribution in [3.63, 3.8) is 0 Å². The van der Waals surface area contributed by atoms with E-state index in [1.165, 1.54) is 0 Å². The van der Waals surface area contributed by atoms with Gasteiger partial charge in [-0.2, -0.15) is 6.07 Å². The standard InChI is InChI=1S/C14H16NO.Ir/c1-4-11-7-5-8-12(15-11)14(2,3)13-9-6-10-16-13;/h5-8,10H,4H2,1-3H3;/q-1;. The van der Waals surface area contributed by atoms with Gasteiger partial charge >= 0.3 is 0 Å². The van der Waals surface area contributed by atoms with Crippen LogP contribution >= 0.6 is 0 Å². The summed E-state index contributed by atoms with van der Waals surface area (Å²) in [5.41, 5.74) is 1.91. The van der Waals surface area contributed by atoms with Crippen LogP contribution in [0.15, 0.2) is 34.9 Å². The molecule has 1 radical (unpaired) electrons. The molecule has 0 aliphatic heterocycles. The van der Waals surface area contributed by atoms with Gasteiger partial charge in [-0.15, -0.1) is 0 Å². The summed E-state index contributed by atoms with van der Waals surface area (Å²) in [5.74, 6) is 0.827. The van der Waals surface area contributed by atoms with Crippen LogP contribution in [0.4, 0.5) is 0 Å². The SMILES string of the molecule is CCc1cccc(C(C)(C)c2[c-]cco2)n1.[Ir]. The fourth-order valence-electron chi connectivity index (χ4n) is 1.71. The Balaban J connectivity index is 0.00000144. The third kappa shape index (κ3) is 2.85. The fraction of sp³-hybridized carbons (Fsp3) is 0.357. The molecule has 93 valence electrons. The largest absolute Gasteiger partial charge is 0.572 e. The molecule has 2 aromatic rings. The number of furan rings is 1. The fourth-order valence-corrected chi connectivity index (χ4v) is 1.71. The predicted molar refractivity (Wildman–Crippen MR) is 63.3 cm³/mol. The minimum absolute atomic E-state index is 0. The molecule has 0 aromatic carbocycles. The molecule has 2 aromatic heterocycles. The zero-order valence-corrected chi connectivity index (χ0v) is 12.7. The predicted octanol–water partition coefficient (Wildman–Crippen LogP) is 3.36. The molecule has 0 aliphatic carbocycles. The van der Waals surface area contributed by atoms with Gasteiger partial charge in [0.05, 0.1) is 5.69 Å². The molecule has 0 N–H and O–H groups in total. The molecule has 0 amide bonds. The smallest absolute Gasteiger partial charge is 0.0520 e. The van der Waals surface area contributed by atoms with Gasteiger partial charge in [0.1, 0.15) is 0 Å². The number of hydrogen-bond donors (Lipinski definition) is 0. The first-order valence-corrected chi connectivity index (χ1v) is 5.56. The van der Waals surface area contributed by atoms with Gasteiger partial charge in [-0.1, -0.05) is 19.3 Å². The average molecular weight is 407 g/mol. The number of aryl methyl sites for hydroxylation is 1. The van der Waals surface area contributed by atoms with Crippen LogP contribution in [0.5, 0.6) is 0 Å². The van der Waals surface area contributed by atoms with E-state index in [0.717, 1.165) is 23.6 Å². The first-order valence-electron chi connectivity index (χ1n) is 5.56. The Morgan fingerprint density at radius 2 is 2.12 bits per heavy atom. The van der Waals surface area contributed by atoms with Crippen molar-refractivity contribution in [2.24, 2.45) is 0 Å². The van der Waals surface area contributed by atoms with Crippen LogP contribution < -0.4 is 0 Å². The summed E-state index contributed by atoms with van der Waals surface area (Å²) in [7, 11) is 0. The van der Waals surface area contributed by atoms with Gasteiger partial charge in [-0.25, -0.2) is 6.07 Å². The average Bonchev–Trinajstić information content (AvgIpc) is 2.83. The van der Waals surface area contributed by atoms with Gasteiger partial charge in [-0.05, 0) is 38.2 Å². The third-order valence-electron chi connectivity index (χ3n) is 2.85. The normalized spacial score (nSPS) is 11.0. The molecule has 0 atom stereocenters. The Bertz CT molecular complexity index is 463. The van der Waals surface area contributed by atoms with E-state index in [-0.39, 0.29) is 25.5 Å². The van der Waals surface area contributed by atoms with E-state index in [4.69, 9.17) is 4.42 Å². The number of nitrogens with zero attached hydrogens (tertiary/aromatic N) is 1. The quantitative estimate of drug-likeness (QED) is 0.731. The molecular weight excluding hydrogens is 390 g/mol. The molecule has 0 bridgehead atoms. The van der Waals surface area contributed by atoms with Gasteiger partial charge in [0.2, 0.25) is 0 Å². The number of pyridine rings is 1. The molecule has 0 saturated carbocycles. The Labute approximate surface area is 116 Å². The van der Waals surface area contributed by atoms with E-state index in [2.05, 4.69) is 31.8 Å². The van der Waals surface area contributed by atoms with Gasteiger partial charge in [0, 0.05) is 31.2 Å². The van der Waals surface area contributed by atoms with E-state index in [0.29, 0.717) is 0 Å².